The van der Waals surface area contributed by atoms with E-state index in [9.17, 15) is 21.6 Å². The van der Waals surface area contributed by atoms with Crippen LogP contribution in [0.1, 0.15) is 17.2 Å². The van der Waals surface area contributed by atoms with Gasteiger partial charge >= 0.3 is 0 Å². The van der Waals surface area contributed by atoms with Gasteiger partial charge in [0.1, 0.15) is 6.04 Å². The van der Waals surface area contributed by atoms with Gasteiger partial charge in [0.05, 0.1) is 21.2 Å². The largest absolute Gasteiger partial charge is 0.322 e. The van der Waals surface area contributed by atoms with Crippen molar-refractivity contribution in [2.45, 2.75) is 22.8 Å². The molecule has 3 aromatic carbocycles. The first-order chi connectivity index (χ1) is 14.6. The van der Waals surface area contributed by atoms with Gasteiger partial charge in [-0.1, -0.05) is 48.0 Å². The number of benzene rings is 3. The molecular formula is C21H19N3O5S2. The Kier molecular flexibility index (Phi) is 5.08. The van der Waals surface area contributed by atoms with E-state index < -0.39 is 32.0 Å². The van der Waals surface area contributed by atoms with E-state index in [1.165, 1.54) is 24.3 Å². The summed E-state index contributed by atoms with van der Waals surface area (Å²) >= 11 is 0. The highest BCUT2D eigenvalue weighted by atomic mass is 32.2. The van der Waals surface area contributed by atoms with Gasteiger partial charge in [-0.3, -0.25) is 4.79 Å². The van der Waals surface area contributed by atoms with Crippen LogP contribution in [-0.2, 0) is 24.8 Å². The molecule has 160 valence electrons. The normalized spacial score (nSPS) is 16.5. The van der Waals surface area contributed by atoms with Crippen molar-refractivity contribution in [3.63, 3.8) is 0 Å². The van der Waals surface area contributed by atoms with Crippen molar-refractivity contribution in [3.05, 3.63) is 83.9 Å². The molecule has 3 aromatic rings. The highest BCUT2D eigenvalue weighted by Crippen LogP contribution is 2.42. The second-order valence-corrected chi connectivity index (χ2v) is 10.5. The van der Waals surface area contributed by atoms with E-state index in [2.05, 4.69) is 5.32 Å². The maximum atomic E-state index is 13.7. The number of rotatable bonds is 4. The maximum Gasteiger partial charge on any atom is 0.265 e. The average molecular weight is 458 g/mol. The minimum absolute atomic E-state index is 0.00945. The number of anilines is 2. The number of nitrogens with one attached hydrogen (secondary N) is 1. The molecule has 0 saturated heterocycles. The van der Waals surface area contributed by atoms with Gasteiger partial charge in [0.25, 0.3) is 15.9 Å². The first kappa shape index (κ1) is 21.0. The molecule has 0 radical (unpaired) electrons. The van der Waals surface area contributed by atoms with Gasteiger partial charge in [-0.05, 0) is 42.8 Å². The van der Waals surface area contributed by atoms with Crippen LogP contribution in [0.3, 0.4) is 0 Å². The molecule has 3 N–H and O–H groups in total. The van der Waals surface area contributed by atoms with Gasteiger partial charge in [0.2, 0.25) is 10.0 Å². The van der Waals surface area contributed by atoms with E-state index in [0.29, 0.717) is 5.56 Å². The zero-order valence-corrected chi connectivity index (χ0v) is 18.0. The molecular weight excluding hydrogens is 438 g/mol. The van der Waals surface area contributed by atoms with E-state index in [-0.39, 0.29) is 21.2 Å². The lowest BCUT2D eigenvalue weighted by Gasteiger charge is -2.37. The topological polar surface area (TPSA) is 127 Å². The van der Waals surface area contributed by atoms with E-state index >= 15 is 0 Å². The number of nitrogens with zero attached hydrogens (tertiary/aromatic N) is 1. The summed E-state index contributed by atoms with van der Waals surface area (Å²) in [6, 6.07) is 17.3. The predicted molar refractivity (Wildman–Crippen MR) is 116 cm³/mol. The molecule has 1 unspecified atom stereocenters. The predicted octanol–water partition coefficient (Wildman–Crippen LogP) is 2.53. The number of fused-ring (bicyclic) bond motifs is 1. The van der Waals surface area contributed by atoms with Crippen LogP contribution < -0.4 is 14.8 Å². The van der Waals surface area contributed by atoms with Crippen LogP contribution in [0.4, 0.5) is 11.4 Å². The van der Waals surface area contributed by atoms with Crippen LogP contribution >= 0.6 is 0 Å². The molecule has 0 saturated carbocycles. The lowest BCUT2D eigenvalue weighted by Crippen LogP contribution is -2.45. The Morgan fingerprint density at radius 1 is 0.871 bits per heavy atom. The molecule has 8 nitrogen and oxygen atoms in total. The summed E-state index contributed by atoms with van der Waals surface area (Å²) in [5.41, 5.74) is 1.53. The van der Waals surface area contributed by atoms with Crippen LogP contribution in [0.15, 0.2) is 82.6 Å². The Hall–Kier alpha value is -3.21. The summed E-state index contributed by atoms with van der Waals surface area (Å²) in [4.78, 5) is 12.8. The van der Waals surface area contributed by atoms with Gasteiger partial charge in [-0.2, -0.15) is 0 Å². The Morgan fingerprint density at radius 3 is 2.10 bits per heavy atom. The Morgan fingerprint density at radius 2 is 1.48 bits per heavy atom. The van der Waals surface area contributed by atoms with Crippen LogP contribution in [0.2, 0.25) is 0 Å². The molecule has 4 rings (SSSR count). The summed E-state index contributed by atoms with van der Waals surface area (Å²) in [6.07, 6.45) is 0. The van der Waals surface area contributed by atoms with E-state index in [4.69, 9.17) is 5.14 Å². The standard InChI is InChI=1S/C21H19N3O5S2/c1-14-7-9-16(10-8-14)31(28,29)24-19-12-11-17(30(22,26)27)13-18(19)23-21(25)20(24)15-5-3-2-4-6-15/h2-13,20H,1H3,(H,23,25)(H2,22,26,27). The lowest BCUT2D eigenvalue weighted by molar-refractivity contribution is -0.117. The molecule has 1 amide bonds. The molecule has 1 heterocycles. The van der Waals surface area contributed by atoms with Crippen LogP contribution in [-0.4, -0.2) is 22.7 Å². The first-order valence-electron chi connectivity index (χ1n) is 9.23. The lowest BCUT2D eigenvalue weighted by atomic mass is 10.0. The molecule has 10 heteroatoms. The van der Waals surface area contributed by atoms with E-state index in [1.54, 1.807) is 42.5 Å². The first-order valence-corrected chi connectivity index (χ1v) is 12.2. The number of carbonyl (C=O) groups excluding carboxylic acids is 1. The smallest absolute Gasteiger partial charge is 0.265 e. The molecule has 1 aliphatic heterocycles. The van der Waals surface area contributed by atoms with Crippen LogP contribution in [0.5, 0.6) is 0 Å². The zero-order chi connectivity index (χ0) is 22.4. The van der Waals surface area contributed by atoms with Crippen molar-refractivity contribution in [1.29, 1.82) is 0 Å². The Balaban J connectivity index is 1.97. The molecule has 31 heavy (non-hydrogen) atoms. The number of hydrogen-bond donors (Lipinski definition) is 2. The molecule has 0 aromatic heterocycles. The SMILES string of the molecule is Cc1ccc(S(=O)(=O)N2c3ccc(S(N)(=O)=O)cc3NC(=O)C2c2ccccc2)cc1. The van der Waals surface area contributed by atoms with Crippen molar-refractivity contribution < 1.29 is 21.6 Å². The number of hydrogen-bond acceptors (Lipinski definition) is 5. The third-order valence-electron chi connectivity index (χ3n) is 4.97. The molecule has 0 aliphatic carbocycles. The van der Waals surface area contributed by atoms with Crippen molar-refractivity contribution in [2.24, 2.45) is 5.14 Å². The molecule has 0 bridgehead atoms. The summed E-state index contributed by atoms with van der Waals surface area (Å²) in [7, 11) is -8.23. The molecule has 0 fully saturated rings. The summed E-state index contributed by atoms with van der Waals surface area (Å²) in [6.45, 7) is 1.83. The Bertz CT molecular complexity index is 1370. The number of amides is 1. The number of sulfonamides is 2. The summed E-state index contributed by atoms with van der Waals surface area (Å²) in [5, 5.41) is 7.81. The fourth-order valence-electron chi connectivity index (χ4n) is 3.45. The molecule has 1 atom stereocenters. The Labute approximate surface area is 180 Å². The monoisotopic (exact) mass is 457 g/mol. The van der Waals surface area contributed by atoms with Gasteiger partial charge in [0.15, 0.2) is 0 Å². The fourth-order valence-corrected chi connectivity index (χ4v) is 5.61. The van der Waals surface area contributed by atoms with E-state index in [0.717, 1.165) is 15.9 Å². The molecule has 0 spiro atoms. The third kappa shape index (κ3) is 3.80. The van der Waals surface area contributed by atoms with Gasteiger partial charge in [-0.25, -0.2) is 26.3 Å². The zero-order valence-electron chi connectivity index (χ0n) is 16.4. The van der Waals surface area contributed by atoms with Crippen LogP contribution in [0.25, 0.3) is 0 Å². The van der Waals surface area contributed by atoms with E-state index in [1.807, 2.05) is 6.92 Å². The number of aryl methyl sites for hydroxylation is 1. The second-order valence-electron chi connectivity index (χ2n) is 7.14. The average Bonchev–Trinajstić information content (AvgIpc) is 2.72. The number of primary sulfonamides is 1. The van der Waals surface area contributed by atoms with Crippen molar-refractivity contribution in [1.82, 2.24) is 0 Å². The van der Waals surface area contributed by atoms with Crippen molar-refractivity contribution in [3.8, 4) is 0 Å². The maximum absolute atomic E-state index is 13.7. The highest BCUT2D eigenvalue weighted by Gasteiger charge is 2.42. The quantitative estimate of drug-likeness (QED) is 0.622. The highest BCUT2D eigenvalue weighted by molar-refractivity contribution is 7.93. The van der Waals surface area contributed by atoms with Gasteiger partial charge in [-0.15, -0.1) is 0 Å². The molecule has 1 aliphatic rings. The number of nitrogens with two attached hydrogens (primary N) is 1. The second kappa shape index (κ2) is 7.49. The summed E-state index contributed by atoms with van der Waals surface area (Å²) < 4.78 is 51.9. The van der Waals surface area contributed by atoms with Crippen molar-refractivity contribution >= 4 is 37.3 Å². The summed E-state index contributed by atoms with van der Waals surface area (Å²) in [5.74, 6) is -0.610. The fraction of sp³-hybridized carbons (Fsp3) is 0.0952. The van der Waals surface area contributed by atoms with Crippen molar-refractivity contribution in [2.75, 3.05) is 9.62 Å². The number of carbonyl (C=O) groups is 1. The van der Waals surface area contributed by atoms with Gasteiger partial charge < -0.3 is 5.32 Å². The van der Waals surface area contributed by atoms with Gasteiger partial charge in [0, 0.05) is 0 Å². The van der Waals surface area contributed by atoms with Crippen LogP contribution in [0, 0.1) is 6.92 Å². The minimum Gasteiger partial charge on any atom is -0.322 e. The third-order valence-corrected chi connectivity index (χ3v) is 7.67. The minimum atomic E-state index is -4.18.